The van der Waals surface area contributed by atoms with Gasteiger partial charge in [0.25, 0.3) is 0 Å². The van der Waals surface area contributed by atoms with E-state index >= 15 is 0 Å². The van der Waals surface area contributed by atoms with Gasteiger partial charge >= 0.3 is 0 Å². The van der Waals surface area contributed by atoms with Gasteiger partial charge in [0.15, 0.2) is 5.82 Å². The molecule has 67 heavy (non-hydrogen) atoms. The van der Waals surface area contributed by atoms with Gasteiger partial charge < -0.3 is 4.57 Å². The molecule has 0 saturated heterocycles. The highest BCUT2D eigenvalue weighted by Gasteiger charge is 2.36. The molecule has 0 fully saturated rings. The quantitative estimate of drug-likeness (QED) is 0.167. The minimum absolute atomic E-state index is 0.103. The van der Waals surface area contributed by atoms with Crippen LogP contribution in [0.25, 0.3) is 106 Å². The van der Waals surface area contributed by atoms with Crippen LogP contribution in [0, 0.1) is 0 Å². The molecule has 3 heteroatoms. The molecule has 0 unspecified atom stereocenters. The Morgan fingerprint density at radius 3 is 1.37 bits per heavy atom. The number of benzene rings is 9. The van der Waals surface area contributed by atoms with Crippen molar-refractivity contribution in [1.82, 2.24) is 14.5 Å². The van der Waals surface area contributed by atoms with Gasteiger partial charge in [0, 0.05) is 44.0 Å². The smallest absolute Gasteiger partial charge is 0.160 e. The normalized spacial score (nSPS) is 13.9. The highest BCUT2D eigenvalue weighted by atomic mass is 15.0. The summed E-state index contributed by atoms with van der Waals surface area (Å²) in [6.07, 6.45) is 0. The van der Waals surface area contributed by atoms with E-state index in [2.05, 4.69) is 245 Å². The molecule has 3 nitrogen and oxygen atoms in total. The topological polar surface area (TPSA) is 30.7 Å². The molecule has 11 aromatic rings. The van der Waals surface area contributed by atoms with Crippen molar-refractivity contribution in [3.63, 3.8) is 0 Å². The molecule has 13 rings (SSSR count). The van der Waals surface area contributed by atoms with E-state index in [0.29, 0.717) is 5.82 Å². The van der Waals surface area contributed by atoms with Crippen molar-refractivity contribution in [1.29, 1.82) is 0 Å². The highest BCUT2D eigenvalue weighted by molar-refractivity contribution is 6.09. The van der Waals surface area contributed by atoms with Gasteiger partial charge in [-0.3, -0.25) is 0 Å². The molecular weight excluding hydrogens is 811 g/mol. The van der Waals surface area contributed by atoms with E-state index in [-0.39, 0.29) is 10.8 Å². The SMILES string of the molecule is CC1(C)c2ccccc2-c2ccc(-c3cc(-c4ccc(-c5nc(-c6ccccc6)cc(-c6ccc7c(c6)C(C)(C)c6ccccc6-7)n5)cc4)cc(-n4c5ccccc5c5ccccc54)c3)cc21. The predicted molar refractivity (Wildman–Crippen MR) is 279 cm³/mol. The summed E-state index contributed by atoms with van der Waals surface area (Å²) in [5.41, 5.74) is 23.6. The Morgan fingerprint density at radius 2 is 0.761 bits per heavy atom. The van der Waals surface area contributed by atoms with Crippen molar-refractivity contribution >= 4 is 21.8 Å². The number of rotatable bonds is 6. The van der Waals surface area contributed by atoms with E-state index in [0.717, 1.165) is 44.9 Å². The lowest BCUT2D eigenvalue weighted by Gasteiger charge is -2.22. The van der Waals surface area contributed by atoms with Gasteiger partial charge in [-0.1, -0.05) is 191 Å². The second kappa shape index (κ2) is 14.7. The van der Waals surface area contributed by atoms with Crippen LogP contribution in [0.2, 0.25) is 0 Å². The fraction of sp³-hybridized carbons (Fsp3) is 0.0938. The number of hydrogen-bond donors (Lipinski definition) is 0. The van der Waals surface area contributed by atoms with Crippen LogP contribution >= 0.6 is 0 Å². The molecule has 0 atom stereocenters. The Labute approximate surface area is 391 Å². The lowest BCUT2D eigenvalue weighted by molar-refractivity contribution is 0.660. The third-order valence-electron chi connectivity index (χ3n) is 14.8. The van der Waals surface area contributed by atoms with Crippen LogP contribution in [-0.4, -0.2) is 14.5 Å². The van der Waals surface area contributed by atoms with Crippen LogP contribution in [0.15, 0.2) is 212 Å². The van der Waals surface area contributed by atoms with Crippen LogP contribution in [0.5, 0.6) is 0 Å². The largest absolute Gasteiger partial charge is 0.309 e. The first-order valence-electron chi connectivity index (χ1n) is 23.4. The van der Waals surface area contributed by atoms with Gasteiger partial charge in [-0.2, -0.15) is 0 Å². The number of hydrogen-bond acceptors (Lipinski definition) is 2. The van der Waals surface area contributed by atoms with E-state index in [1.54, 1.807) is 0 Å². The highest BCUT2D eigenvalue weighted by Crippen LogP contribution is 2.51. The molecule has 0 radical (unpaired) electrons. The number of aromatic nitrogens is 3. The van der Waals surface area contributed by atoms with E-state index in [1.165, 1.54) is 77.4 Å². The molecule has 2 heterocycles. The third kappa shape index (κ3) is 6.11. The molecule has 0 saturated carbocycles. The summed E-state index contributed by atoms with van der Waals surface area (Å²) in [6, 6.07) is 77.7. The minimum atomic E-state index is -0.114. The molecule has 0 spiro atoms. The van der Waals surface area contributed by atoms with E-state index in [4.69, 9.17) is 9.97 Å². The lowest BCUT2D eigenvalue weighted by atomic mass is 9.81. The molecule has 318 valence electrons. The fourth-order valence-corrected chi connectivity index (χ4v) is 11.3. The van der Waals surface area contributed by atoms with Crippen molar-refractivity contribution in [3.05, 3.63) is 235 Å². The van der Waals surface area contributed by atoms with Crippen molar-refractivity contribution < 1.29 is 0 Å². The third-order valence-corrected chi connectivity index (χ3v) is 14.8. The lowest BCUT2D eigenvalue weighted by Crippen LogP contribution is -2.14. The second-order valence-electron chi connectivity index (χ2n) is 19.4. The standard InChI is InChI=1S/C64H47N3/c1-63(2)54-22-12-8-18-48(54)50-32-30-43(37-56(50)63)46-34-45(35-47(36-46)67-60-24-14-10-20-52(60)53-21-11-15-25-61(53)67)40-26-28-42(29-27-40)62-65-58(41-16-6-5-7-17-41)39-59(66-62)44-31-33-51-49-19-9-13-23-55(49)64(3,4)57(51)38-44/h5-39H,1-4H3. The van der Waals surface area contributed by atoms with Gasteiger partial charge in [-0.15, -0.1) is 0 Å². The molecule has 0 aliphatic heterocycles. The maximum atomic E-state index is 5.32. The Kier molecular flexibility index (Phi) is 8.60. The van der Waals surface area contributed by atoms with Gasteiger partial charge in [-0.05, 0) is 115 Å². The molecule has 9 aromatic carbocycles. The van der Waals surface area contributed by atoms with Crippen molar-refractivity contribution in [2.24, 2.45) is 0 Å². The van der Waals surface area contributed by atoms with Crippen LogP contribution in [-0.2, 0) is 10.8 Å². The average molecular weight is 858 g/mol. The van der Waals surface area contributed by atoms with Gasteiger partial charge in [0.05, 0.1) is 22.4 Å². The molecule has 2 aromatic heterocycles. The van der Waals surface area contributed by atoms with Crippen molar-refractivity contribution in [2.75, 3.05) is 0 Å². The predicted octanol–water partition coefficient (Wildman–Crippen LogP) is 16.5. The van der Waals surface area contributed by atoms with E-state index in [9.17, 15) is 0 Å². The van der Waals surface area contributed by atoms with E-state index < -0.39 is 0 Å². The van der Waals surface area contributed by atoms with Crippen LogP contribution in [0.4, 0.5) is 0 Å². The summed E-state index contributed by atoms with van der Waals surface area (Å²) in [7, 11) is 0. The zero-order valence-electron chi connectivity index (χ0n) is 38.0. The Bertz CT molecular complexity index is 3740. The maximum absolute atomic E-state index is 5.32. The summed E-state index contributed by atoms with van der Waals surface area (Å²) in [5, 5.41) is 2.49. The summed E-state index contributed by atoms with van der Waals surface area (Å²) < 4.78 is 2.43. The molecule has 0 N–H and O–H groups in total. The van der Waals surface area contributed by atoms with Gasteiger partial charge in [-0.25, -0.2) is 9.97 Å². The Balaban J connectivity index is 0.946. The Hall–Kier alpha value is -8.14. The second-order valence-corrected chi connectivity index (χ2v) is 19.4. The fourth-order valence-electron chi connectivity index (χ4n) is 11.3. The zero-order chi connectivity index (χ0) is 45.0. The maximum Gasteiger partial charge on any atom is 0.160 e. The number of para-hydroxylation sites is 2. The Morgan fingerprint density at radius 1 is 0.313 bits per heavy atom. The summed E-state index contributed by atoms with van der Waals surface area (Å²) >= 11 is 0. The minimum Gasteiger partial charge on any atom is -0.309 e. The first-order valence-corrected chi connectivity index (χ1v) is 23.4. The van der Waals surface area contributed by atoms with E-state index in [1.807, 2.05) is 0 Å². The monoisotopic (exact) mass is 857 g/mol. The average Bonchev–Trinajstić information content (AvgIpc) is 3.93. The molecule has 0 amide bonds. The zero-order valence-corrected chi connectivity index (χ0v) is 38.0. The van der Waals surface area contributed by atoms with Crippen molar-refractivity contribution in [2.45, 2.75) is 38.5 Å². The van der Waals surface area contributed by atoms with Gasteiger partial charge in [0.1, 0.15) is 0 Å². The summed E-state index contributed by atoms with van der Waals surface area (Å²) in [5.74, 6) is 0.701. The van der Waals surface area contributed by atoms with Crippen molar-refractivity contribution in [3.8, 4) is 84.1 Å². The molecular formula is C64H47N3. The van der Waals surface area contributed by atoms with Crippen LogP contribution < -0.4 is 0 Å². The first-order chi connectivity index (χ1) is 32.7. The number of fused-ring (bicyclic) bond motifs is 9. The van der Waals surface area contributed by atoms with Crippen LogP contribution in [0.3, 0.4) is 0 Å². The first kappa shape index (κ1) is 39.2. The van der Waals surface area contributed by atoms with Gasteiger partial charge in [0.2, 0.25) is 0 Å². The van der Waals surface area contributed by atoms with Crippen LogP contribution in [0.1, 0.15) is 49.9 Å². The summed E-state index contributed by atoms with van der Waals surface area (Å²) in [6.45, 7) is 9.38. The molecule has 2 aliphatic carbocycles. The molecule has 2 aliphatic rings. The summed E-state index contributed by atoms with van der Waals surface area (Å²) in [4.78, 5) is 10.6. The molecule has 0 bridgehead atoms. The number of nitrogens with zero attached hydrogens (tertiary/aromatic N) is 3.